The molecule has 1 N–H and O–H groups in total. The minimum absolute atomic E-state index is 0.167. The monoisotopic (exact) mass is 197 g/mol. The number of ketones is 1. The van der Waals surface area contributed by atoms with Gasteiger partial charge in [0.15, 0.2) is 0 Å². The van der Waals surface area contributed by atoms with Gasteiger partial charge >= 0.3 is 0 Å². The van der Waals surface area contributed by atoms with Crippen LogP contribution in [0, 0.1) is 0 Å². The summed E-state index contributed by atoms with van der Waals surface area (Å²) in [5.74, 6) is -0.667. The number of aliphatic carboxylic acids is 1. The van der Waals surface area contributed by atoms with Gasteiger partial charge in [0.05, 0.1) is 0 Å². The van der Waals surface area contributed by atoms with E-state index in [2.05, 4.69) is 4.98 Å². The standard InChI is InChI=1S/C5H5N.C3H6O.C2H4O2/c1-2-4-6-5-3-1;1-3(2)4;1-2(3)4/h1-5H;1-2H3;1H3,(H,3,4). The van der Waals surface area contributed by atoms with Gasteiger partial charge < -0.3 is 9.90 Å². The number of hydrogen-bond donors (Lipinski definition) is 1. The third kappa shape index (κ3) is 48.3. The van der Waals surface area contributed by atoms with Gasteiger partial charge in [0.2, 0.25) is 0 Å². The first-order chi connectivity index (χ1) is 6.46. The lowest BCUT2D eigenvalue weighted by molar-refractivity contribution is -0.134. The van der Waals surface area contributed by atoms with Crippen molar-refractivity contribution >= 4 is 11.8 Å². The van der Waals surface area contributed by atoms with Crippen molar-refractivity contribution in [3.8, 4) is 0 Å². The highest BCUT2D eigenvalue weighted by molar-refractivity contribution is 5.72. The summed E-state index contributed by atoms with van der Waals surface area (Å²) in [6.45, 7) is 4.14. The second kappa shape index (κ2) is 11.3. The number of rotatable bonds is 0. The summed E-state index contributed by atoms with van der Waals surface area (Å²) in [6, 6.07) is 5.72. The van der Waals surface area contributed by atoms with Gasteiger partial charge in [-0.05, 0) is 26.0 Å². The number of carbonyl (C=O) groups is 2. The molecule has 4 heteroatoms. The molecule has 1 heterocycles. The van der Waals surface area contributed by atoms with Crippen molar-refractivity contribution in [2.75, 3.05) is 0 Å². The predicted octanol–water partition coefficient (Wildman–Crippen LogP) is 1.77. The van der Waals surface area contributed by atoms with Crippen LogP contribution in [0.15, 0.2) is 30.6 Å². The number of Topliss-reactive ketones (excluding diaryl/α,β-unsaturated/α-hetero) is 1. The van der Waals surface area contributed by atoms with E-state index in [-0.39, 0.29) is 5.78 Å². The van der Waals surface area contributed by atoms with Gasteiger partial charge in [0.1, 0.15) is 5.78 Å². The Morgan fingerprint density at radius 1 is 1.00 bits per heavy atom. The minimum Gasteiger partial charge on any atom is -0.481 e. The molecule has 0 aliphatic heterocycles. The molecule has 1 rings (SSSR count). The van der Waals surface area contributed by atoms with Crippen molar-refractivity contribution < 1.29 is 14.7 Å². The molecule has 0 unspecified atom stereocenters. The van der Waals surface area contributed by atoms with Gasteiger partial charge in [0.25, 0.3) is 5.97 Å². The molecule has 0 bridgehead atoms. The highest BCUT2D eigenvalue weighted by Crippen LogP contribution is 1.73. The quantitative estimate of drug-likeness (QED) is 0.688. The molecule has 0 amide bonds. The van der Waals surface area contributed by atoms with E-state index < -0.39 is 5.97 Å². The molecule has 0 saturated carbocycles. The summed E-state index contributed by atoms with van der Waals surface area (Å²) in [4.78, 5) is 22.2. The summed E-state index contributed by atoms with van der Waals surface area (Å²) in [7, 11) is 0. The zero-order valence-electron chi connectivity index (χ0n) is 8.60. The Bertz CT molecular complexity index is 200. The Balaban J connectivity index is 0. The maximum absolute atomic E-state index is 9.44. The van der Waals surface area contributed by atoms with Crippen LogP contribution in [0.25, 0.3) is 0 Å². The Kier molecular flexibility index (Phi) is 11.9. The number of carbonyl (C=O) groups excluding carboxylic acids is 1. The highest BCUT2D eigenvalue weighted by Gasteiger charge is 1.65. The molecule has 0 atom stereocenters. The largest absolute Gasteiger partial charge is 0.481 e. The molecule has 4 nitrogen and oxygen atoms in total. The van der Waals surface area contributed by atoms with Gasteiger partial charge in [-0.2, -0.15) is 0 Å². The molecule has 0 saturated heterocycles. The second-order valence-corrected chi connectivity index (χ2v) is 2.45. The fraction of sp³-hybridized carbons (Fsp3) is 0.300. The van der Waals surface area contributed by atoms with Crippen LogP contribution in [0.2, 0.25) is 0 Å². The number of carboxylic acid groups (broad SMARTS) is 1. The fourth-order valence-electron chi connectivity index (χ4n) is 0.313. The number of hydrogen-bond acceptors (Lipinski definition) is 3. The number of nitrogens with zero attached hydrogens (tertiary/aromatic N) is 1. The molecule has 0 spiro atoms. The van der Waals surface area contributed by atoms with E-state index in [1.54, 1.807) is 12.4 Å². The first kappa shape index (κ1) is 14.8. The molecule has 0 aromatic carbocycles. The van der Waals surface area contributed by atoms with E-state index in [1.165, 1.54) is 13.8 Å². The van der Waals surface area contributed by atoms with Crippen LogP contribution in [-0.4, -0.2) is 21.8 Å². The molecule has 0 aliphatic rings. The molecule has 1 aromatic heterocycles. The number of pyridine rings is 1. The summed E-state index contributed by atoms with van der Waals surface area (Å²) in [6.07, 6.45) is 3.50. The maximum Gasteiger partial charge on any atom is 0.300 e. The average molecular weight is 197 g/mol. The van der Waals surface area contributed by atoms with Crippen molar-refractivity contribution in [3.63, 3.8) is 0 Å². The first-order valence-electron chi connectivity index (χ1n) is 3.98. The van der Waals surface area contributed by atoms with Crippen molar-refractivity contribution in [1.29, 1.82) is 0 Å². The van der Waals surface area contributed by atoms with Crippen LogP contribution in [0.3, 0.4) is 0 Å². The zero-order valence-corrected chi connectivity index (χ0v) is 8.60. The molecule has 78 valence electrons. The topological polar surface area (TPSA) is 67.3 Å². The van der Waals surface area contributed by atoms with Gasteiger partial charge in [-0.3, -0.25) is 9.78 Å². The lowest BCUT2D eigenvalue weighted by atomic mass is 10.5. The van der Waals surface area contributed by atoms with Gasteiger partial charge in [-0.25, -0.2) is 0 Å². The molecule has 0 radical (unpaired) electrons. The van der Waals surface area contributed by atoms with Crippen LogP contribution < -0.4 is 0 Å². The first-order valence-corrected chi connectivity index (χ1v) is 3.98. The third-order valence-corrected chi connectivity index (χ3v) is 0.566. The maximum atomic E-state index is 9.44. The normalized spacial score (nSPS) is 7.07. The summed E-state index contributed by atoms with van der Waals surface area (Å²) in [5.41, 5.74) is 0. The van der Waals surface area contributed by atoms with Gasteiger partial charge in [-0.15, -0.1) is 0 Å². The zero-order chi connectivity index (χ0) is 11.4. The SMILES string of the molecule is CC(=O)O.CC(C)=O.c1ccncc1. The molecule has 0 aliphatic carbocycles. The molecular weight excluding hydrogens is 182 g/mol. The van der Waals surface area contributed by atoms with Crippen molar-refractivity contribution in [1.82, 2.24) is 4.98 Å². The highest BCUT2D eigenvalue weighted by atomic mass is 16.4. The average Bonchev–Trinajstić information content (AvgIpc) is 2.05. The molecular formula is C10H15NO3. The minimum atomic E-state index is -0.833. The smallest absolute Gasteiger partial charge is 0.300 e. The van der Waals surface area contributed by atoms with Crippen LogP contribution >= 0.6 is 0 Å². The molecule has 14 heavy (non-hydrogen) atoms. The summed E-state index contributed by atoms with van der Waals surface area (Å²) in [5, 5.41) is 7.42. The van der Waals surface area contributed by atoms with Gasteiger partial charge in [0, 0.05) is 19.3 Å². The van der Waals surface area contributed by atoms with Crippen molar-refractivity contribution in [3.05, 3.63) is 30.6 Å². The molecule has 1 aromatic rings. The van der Waals surface area contributed by atoms with Crippen LogP contribution in [-0.2, 0) is 9.59 Å². The molecule has 0 fully saturated rings. The predicted molar refractivity (Wildman–Crippen MR) is 53.9 cm³/mol. The van der Waals surface area contributed by atoms with Gasteiger partial charge in [-0.1, -0.05) is 6.07 Å². The summed E-state index contributed by atoms with van der Waals surface area (Å²) < 4.78 is 0. The van der Waals surface area contributed by atoms with E-state index in [1.807, 2.05) is 18.2 Å². The van der Waals surface area contributed by atoms with E-state index in [0.717, 1.165) is 6.92 Å². The lowest BCUT2D eigenvalue weighted by Crippen LogP contribution is -1.78. The fourth-order valence-corrected chi connectivity index (χ4v) is 0.313. The Labute approximate surface area is 83.6 Å². The van der Waals surface area contributed by atoms with E-state index >= 15 is 0 Å². The van der Waals surface area contributed by atoms with E-state index in [0.29, 0.717) is 0 Å². The van der Waals surface area contributed by atoms with Crippen molar-refractivity contribution in [2.24, 2.45) is 0 Å². The van der Waals surface area contributed by atoms with Crippen molar-refractivity contribution in [2.45, 2.75) is 20.8 Å². The van der Waals surface area contributed by atoms with Crippen LogP contribution in [0.4, 0.5) is 0 Å². The Hall–Kier alpha value is -1.71. The Morgan fingerprint density at radius 3 is 1.36 bits per heavy atom. The Morgan fingerprint density at radius 2 is 1.29 bits per heavy atom. The van der Waals surface area contributed by atoms with E-state index in [9.17, 15) is 4.79 Å². The number of carboxylic acids is 1. The van der Waals surface area contributed by atoms with E-state index in [4.69, 9.17) is 9.90 Å². The van der Waals surface area contributed by atoms with Crippen LogP contribution in [0.1, 0.15) is 20.8 Å². The third-order valence-electron chi connectivity index (χ3n) is 0.566. The van der Waals surface area contributed by atoms with Crippen LogP contribution in [0.5, 0.6) is 0 Å². The number of aromatic nitrogens is 1. The second-order valence-electron chi connectivity index (χ2n) is 2.45. The summed E-state index contributed by atoms with van der Waals surface area (Å²) >= 11 is 0. The lowest BCUT2D eigenvalue weighted by Gasteiger charge is -1.70.